The highest BCUT2D eigenvalue weighted by molar-refractivity contribution is 9.10. The minimum atomic E-state index is -3.77. The molecule has 0 saturated heterocycles. The smallest absolute Gasteiger partial charge is 0.245 e. The molecule has 0 fully saturated rings. The van der Waals surface area contributed by atoms with Crippen molar-refractivity contribution in [3.05, 3.63) is 21.9 Å². The summed E-state index contributed by atoms with van der Waals surface area (Å²) >= 11 is 8.94. The third-order valence-electron chi connectivity index (χ3n) is 2.39. The second-order valence-electron chi connectivity index (χ2n) is 3.69. The number of aromatic nitrogens is 1. The number of amides is 1. The van der Waals surface area contributed by atoms with Crippen molar-refractivity contribution < 1.29 is 13.2 Å². The Balaban J connectivity index is 2.97. The van der Waals surface area contributed by atoms with Gasteiger partial charge in [-0.05, 0) is 22.0 Å². The number of nitrogens with one attached hydrogen (secondary N) is 1. The van der Waals surface area contributed by atoms with E-state index < -0.39 is 10.0 Å². The third-order valence-corrected chi connectivity index (χ3v) is 5.11. The highest BCUT2D eigenvalue weighted by Gasteiger charge is 2.24. The van der Waals surface area contributed by atoms with Gasteiger partial charge in [0.1, 0.15) is 10.0 Å². The molecule has 19 heavy (non-hydrogen) atoms. The Labute approximate surface area is 125 Å². The second kappa shape index (κ2) is 6.65. The van der Waals surface area contributed by atoms with E-state index in [0.29, 0.717) is 4.47 Å². The first-order valence-electron chi connectivity index (χ1n) is 5.27. The van der Waals surface area contributed by atoms with Crippen molar-refractivity contribution in [2.75, 3.05) is 20.6 Å². The van der Waals surface area contributed by atoms with Crippen molar-refractivity contribution in [1.82, 2.24) is 14.6 Å². The lowest BCUT2D eigenvalue weighted by Gasteiger charge is -2.17. The van der Waals surface area contributed by atoms with Crippen molar-refractivity contribution in [2.45, 2.75) is 11.3 Å². The fourth-order valence-electron chi connectivity index (χ4n) is 1.26. The van der Waals surface area contributed by atoms with Crippen molar-refractivity contribution in [2.24, 2.45) is 0 Å². The average molecular weight is 371 g/mol. The van der Waals surface area contributed by atoms with Gasteiger partial charge in [0.2, 0.25) is 15.9 Å². The fourth-order valence-corrected chi connectivity index (χ4v) is 3.34. The van der Waals surface area contributed by atoms with E-state index in [1.54, 1.807) is 0 Å². The van der Waals surface area contributed by atoms with Crippen molar-refractivity contribution in [3.63, 3.8) is 0 Å². The van der Waals surface area contributed by atoms with Crippen LogP contribution in [0.4, 0.5) is 0 Å². The minimum Gasteiger partial charge on any atom is -0.359 e. The van der Waals surface area contributed by atoms with Crippen LogP contribution >= 0.6 is 27.5 Å². The first-order chi connectivity index (χ1) is 8.78. The van der Waals surface area contributed by atoms with Crippen molar-refractivity contribution in [1.29, 1.82) is 0 Å². The largest absolute Gasteiger partial charge is 0.359 e. The second-order valence-corrected chi connectivity index (χ2v) is 6.98. The number of pyridine rings is 1. The Hall–Kier alpha value is -0.700. The molecule has 1 amide bonds. The highest BCUT2D eigenvalue weighted by atomic mass is 79.9. The lowest BCUT2D eigenvalue weighted by atomic mass is 10.4. The Morgan fingerprint density at radius 2 is 2.21 bits per heavy atom. The third kappa shape index (κ3) is 4.13. The Morgan fingerprint density at radius 3 is 2.79 bits per heavy atom. The number of carbonyl (C=O) groups is 1. The van der Waals surface area contributed by atoms with Crippen LogP contribution in [0.2, 0.25) is 5.15 Å². The number of rotatable bonds is 5. The van der Waals surface area contributed by atoms with Gasteiger partial charge < -0.3 is 5.32 Å². The van der Waals surface area contributed by atoms with Gasteiger partial charge in [-0.15, -0.1) is 0 Å². The van der Waals surface area contributed by atoms with Crippen LogP contribution in [-0.4, -0.2) is 44.3 Å². The topological polar surface area (TPSA) is 79.4 Å². The average Bonchev–Trinajstić information content (AvgIpc) is 2.37. The summed E-state index contributed by atoms with van der Waals surface area (Å²) < 4.78 is 26.1. The summed E-state index contributed by atoms with van der Waals surface area (Å²) in [6, 6.07) is 1.38. The van der Waals surface area contributed by atoms with Crippen LogP contribution in [0.3, 0.4) is 0 Å². The fraction of sp³-hybridized carbons (Fsp3) is 0.400. The number of sulfonamides is 1. The maximum Gasteiger partial charge on any atom is 0.245 e. The monoisotopic (exact) mass is 369 g/mol. The molecule has 0 aliphatic carbocycles. The number of hydrogen-bond donors (Lipinski definition) is 1. The van der Waals surface area contributed by atoms with Gasteiger partial charge in [0.25, 0.3) is 0 Å². The molecule has 0 unspecified atom stereocenters. The molecule has 0 atom stereocenters. The molecule has 0 saturated carbocycles. The zero-order valence-electron chi connectivity index (χ0n) is 10.4. The molecule has 1 heterocycles. The zero-order valence-corrected chi connectivity index (χ0v) is 13.5. The quantitative estimate of drug-likeness (QED) is 0.791. The molecule has 0 radical (unpaired) electrons. The van der Waals surface area contributed by atoms with E-state index in [2.05, 4.69) is 26.2 Å². The summed E-state index contributed by atoms with van der Waals surface area (Å²) in [5.41, 5.74) is 0. The zero-order chi connectivity index (χ0) is 14.6. The first-order valence-corrected chi connectivity index (χ1v) is 7.88. The molecule has 106 valence electrons. The standard InChI is InChI=1S/C10H13BrClN3O3S/c1-13-9(16)3-4-15(2)19(17,18)8-5-7(11)6-14-10(8)12/h5-6H,3-4H2,1-2H3,(H,13,16). The predicted molar refractivity (Wildman–Crippen MR) is 75.4 cm³/mol. The highest BCUT2D eigenvalue weighted by Crippen LogP contribution is 2.25. The van der Waals surface area contributed by atoms with E-state index >= 15 is 0 Å². The Bertz CT molecular complexity index is 579. The molecule has 0 aromatic carbocycles. The normalized spacial score (nSPS) is 11.6. The molecule has 0 spiro atoms. The molecule has 0 bridgehead atoms. The van der Waals surface area contributed by atoms with Crippen molar-refractivity contribution in [3.8, 4) is 0 Å². The van der Waals surface area contributed by atoms with Crippen LogP contribution in [-0.2, 0) is 14.8 Å². The molecule has 0 aliphatic heterocycles. The maximum absolute atomic E-state index is 12.3. The summed E-state index contributed by atoms with van der Waals surface area (Å²) in [6.45, 7) is 0.0604. The molecule has 9 heteroatoms. The van der Waals surface area contributed by atoms with Gasteiger partial charge in [0.15, 0.2) is 0 Å². The summed E-state index contributed by atoms with van der Waals surface area (Å²) in [7, 11) is -0.891. The summed E-state index contributed by atoms with van der Waals surface area (Å²) in [4.78, 5) is 14.8. The van der Waals surface area contributed by atoms with Crippen LogP contribution in [0.5, 0.6) is 0 Å². The van der Waals surface area contributed by atoms with Gasteiger partial charge in [-0.25, -0.2) is 17.7 Å². The van der Waals surface area contributed by atoms with Gasteiger partial charge in [-0.2, -0.15) is 0 Å². The Kier molecular flexibility index (Phi) is 5.72. The van der Waals surface area contributed by atoms with Gasteiger partial charge >= 0.3 is 0 Å². The van der Waals surface area contributed by atoms with Crippen molar-refractivity contribution >= 4 is 43.5 Å². The van der Waals surface area contributed by atoms with Gasteiger partial charge in [-0.3, -0.25) is 4.79 Å². The predicted octanol–water partition coefficient (Wildman–Crippen LogP) is 1.25. The lowest BCUT2D eigenvalue weighted by Crippen LogP contribution is -2.31. The molecule has 1 N–H and O–H groups in total. The van der Waals surface area contributed by atoms with Crippen LogP contribution in [0.15, 0.2) is 21.6 Å². The Morgan fingerprint density at radius 1 is 1.58 bits per heavy atom. The maximum atomic E-state index is 12.3. The molecular weight excluding hydrogens is 358 g/mol. The molecule has 6 nitrogen and oxygen atoms in total. The van der Waals surface area contributed by atoms with Crippen LogP contribution in [0.25, 0.3) is 0 Å². The van der Waals surface area contributed by atoms with E-state index in [9.17, 15) is 13.2 Å². The van der Waals surface area contributed by atoms with E-state index in [1.807, 2.05) is 0 Å². The van der Waals surface area contributed by atoms with Gasteiger partial charge in [-0.1, -0.05) is 11.6 Å². The van der Waals surface area contributed by atoms with E-state index in [-0.39, 0.29) is 28.9 Å². The molecular formula is C10H13BrClN3O3S. The molecule has 1 rings (SSSR count). The van der Waals surface area contributed by atoms with E-state index in [0.717, 1.165) is 4.31 Å². The van der Waals surface area contributed by atoms with Gasteiger partial charge in [0.05, 0.1) is 0 Å². The number of halogens is 2. The molecule has 0 aliphatic rings. The number of carbonyl (C=O) groups excluding carboxylic acids is 1. The number of hydrogen-bond acceptors (Lipinski definition) is 4. The summed E-state index contributed by atoms with van der Waals surface area (Å²) in [6.07, 6.45) is 1.48. The number of nitrogens with zero attached hydrogens (tertiary/aromatic N) is 2. The molecule has 1 aromatic heterocycles. The summed E-state index contributed by atoms with van der Waals surface area (Å²) in [5, 5.41) is 2.32. The molecule has 1 aromatic rings. The first kappa shape index (κ1) is 16.4. The van der Waals surface area contributed by atoms with E-state index in [4.69, 9.17) is 11.6 Å². The minimum absolute atomic E-state index is 0.0604. The van der Waals surface area contributed by atoms with Gasteiger partial charge in [0, 0.05) is 37.7 Å². The lowest BCUT2D eigenvalue weighted by molar-refractivity contribution is -0.120. The van der Waals surface area contributed by atoms with E-state index in [1.165, 1.54) is 26.4 Å². The van der Waals surface area contributed by atoms with Crippen LogP contribution < -0.4 is 5.32 Å². The SMILES string of the molecule is CNC(=O)CCN(C)S(=O)(=O)c1cc(Br)cnc1Cl. The van der Waals surface area contributed by atoms with Crippen LogP contribution in [0, 0.1) is 0 Å². The van der Waals surface area contributed by atoms with Crippen LogP contribution in [0.1, 0.15) is 6.42 Å². The summed E-state index contributed by atoms with van der Waals surface area (Å²) in [5.74, 6) is -0.236.